The lowest BCUT2D eigenvalue weighted by Crippen LogP contribution is -2.33. The van der Waals surface area contributed by atoms with E-state index in [-0.39, 0.29) is 11.9 Å². The number of furan rings is 1. The van der Waals surface area contributed by atoms with Crippen LogP contribution in [0, 0.1) is 12.7 Å². The largest absolute Gasteiger partial charge is 0.472 e. The van der Waals surface area contributed by atoms with Gasteiger partial charge in [-0.1, -0.05) is 6.42 Å². The van der Waals surface area contributed by atoms with Crippen molar-refractivity contribution in [2.45, 2.75) is 38.8 Å². The van der Waals surface area contributed by atoms with Crippen LogP contribution in [0.4, 0.5) is 4.39 Å². The summed E-state index contributed by atoms with van der Waals surface area (Å²) in [6.07, 6.45) is 6.53. The molecule has 0 bridgehead atoms. The number of imidazole rings is 1. The summed E-state index contributed by atoms with van der Waals surface area (Å²) in [6.45, 7) is 3.58. The van der Waals surface area contributed by atoms with E-state index in [1.165, 1.54) is 12.1 Å². The summed E-state index contributed by atoms with van der Waals surface area (Å²) in [6, 6.07) is 6.65. The lowest BCUT2D eigenvalue weighted by Gasteiger charge is -2.34. The Balaban J connectivity index is 1.43. The fourth-order valence-corrected chi connectivity index (χ4v) is 3.93. The molecule has 1 aliphatic heterocycles. The lowest BCUT2D eigenvalue weighted by atomic mass is 10.0. The molecule has 0 amide bonds. The fraction of sp³-hybridized carbons (Fsp3) is 0.333. The van der Waals surface area contributed by atoms with Gasteiger partial charge in [0.15, 0.2) is 0 Å². The predicted molar refractivity (Wildman–Crippen MR) is 102 cm³/mol. The minimum Gasteiger partial charge on any atom is -0.472 e. The molecule has 3 aromatic heterocycles. The molecule has 1 aromatic carbocycles. The van der Waals surface area contributed by atoms with E-state index in [2.05, 4.69) is 14.9 Å². The van der Waals surface area contributed by atoms with Crippen LogP contribution >= 0.6 is 0 Å². The summed E-state index contributed by atoms with van der Waals surface area (Å²) >= 11 is 0. The monoisotopic (exact) mass is 380 g/mol. The van der Waals surface area contributed by atoms with Crippen LogP contribution in [-0.4, -0.2) is 26.4 Å². The van der Waals surface area contributed by atoms with Crippen molar-refractivity contribution in [1.82, 2.24) is 19.9 Å². The molecule has 5 rings (SSSR count). The third kappa shape index (κ3) is 3.11. The molecule has 6 nitrogen and oxygen atoms in total. The van der Waals surface area contributed by atoms with Crippen LogP contribution in [0.15, 0.2) is 45.6 Å². The number of H-pyrrole nitrogens is 1. The van der Waals surface area contributed by atoms with E-state index >= 15 is 0 Å². The summed E-state index contributed by atoms with van der Waals surface area (Å²) in [5, 5.41) is 0. The van der Waals surface area contributed by atoms with Crippen LogP contribution in [0.25, 0.3) is 22.5 Å². The molecule has 0 spiro atoms. The average Bonchev–Trinajstić information content (AvgIpc) is 3.42. The molecule has 0 saturated carbocycles. The van der Waals surface area contributed by atoms with Crippen molar-refractivity contribution in [3.8, 4) is 11.5 Å². The molecule has 0 radical (unpaired) electrons. The van der Waals surface area contributed by atoms with E-state index < -0.39 is 0 Å². The van der Waals surface area contributed by atoms with Crippen LogP contribution in [0.1, 0.15) is 42.6 Å². The first-order valence-electron chi connectivity index (χ1n) is 9.55. The molecular formula is C21H21FN4O2. The Kier molecular flexibility index (Phi) is 4.24. The molecule has 4 heterocycles. The maximum absolute atomic E-state index is 13.5. The van der Waals surface area contributed by atoms with Crippen molar-refractivity contribution in [3.63, 3.8) is 0 Å². The van der Waals surface area contributed by atoms with Crippen molar-refractivity contribution >= 4 is 11.0 Å². The first kappa shape index (κ1) is 17.2. The van der Waals surface area contributed by atoms with Crippen molar-refractivity contribution in [2.75, 3.05) is 6.54 Å². The molecule has 1 fully saturated rings. The Morgan fingerprint density at radius 1 is 1.25 bits per heavy atom. The number of oxazole rings is 1. The zero-order valence-corrected chi connectivity index (χ0v) is 15.6. The molecule has 1 unspecified atom stereocenters. The highest BCUT2D eigenvalue weighted by Gasteiger charge is 2.28. The Bertz CT molecular complexity index is 1100. The van der Waals surface area contributed by atoms with E-state index in [4.69, 9.17) is 13.8 Å². The first-order valence-corrected chi connectivity index (χ1v) is 9.55. The van der Waals surface area contributed by atoms with Crippen molar-refractivity contribution in [3.05, 3.63) is 59.9 Å². The van der Waals surface area contributed by atoms with Crippen molar-refractivity contribution in [2.24, 2.45) is 0 Å². The summed E-state index contributed by atoms with van der Waals surface area (Å²) in [4.78, 5) is 15.1. The topological polar surface area (TPSA) is 71.1 Å². The number of rotatable bonds is 4. The SMILES string of the molecule is Cc1oc(-c2ccoc2)nc1CN1CCCCC1c1nc2ccc(F)cc2[nH]1. The highest BCUT2D eigenvalue weighted by molar-refractivity contribution is 5.75. The number of nitrogens with zero attached hydrogens (tertiary/aromatic N) is 3. The zero-order chi connectivity index (χ0) is 19.1. The van der Waals surface area contributed by atoms with E-state index in [9.17, 15) is 4.39 Å². The van der Waals surface area contributed by atoms with E-state index in [1.54, 1.807) is 18.6 Å². The quantitative estimate of drug-likeness (QED) is 0.540. The zero-order valence-electron chi connectivity index (χ0n) is 15.6. The molecule has 0 aliphatic carbocycles. The predicted octanol–water partition coefficient (Wildman–Crippen LogP) is 4.99. The second kappa shape index (κ2) is 6.91. The molecule has 4 aromatic rings. The van der Waals surface area contributed by atoms with Crippen molar-refractivity contribution < 1.29 is 13.2 Å². The number of aryl methyl sites for hydroxylation is 1. The van der Waals surface area contributed by atoms with Gasteiger partial charge in [0.05, 0.1) is 34.6 Å². The number of aromatic amines is 1. The summed E-state index contributed by atoms with van der Waals surface area (Å²) < 4.78 is 24.5. The molecular weight excluding hydrogens is 359 g/mol. The molecule has 28 heavy (non-hydrogen) atoms. The first-order chi connectivity index (χ1) is 13.7. The van der Waals surface area contributed by atoms with Crippen LogP contribution in [0.5, 0.6) is 0 Å². The van der Waals surface area contributed by atoms with Gasteiger partial charge in [0.2, 0.25) is 5.89 Å². The van der Waals surface area contributed by atoms with E-state index in [0.717, 1.165) is 59.7 Å². The number of benzene rings is 1. The summed E-state index contributed by atoms with van der Waals surface area (Å²) in [5.41, 5.74) is 3.29. The summed E-state index contributed by atoms with van der Waals surface area (Å²) in [7, 11) is 0. The van der Waals surface area contributed by atoms with Gasteiger partial charge >= 0.3 is 0 Å². The Morgan fingerprint density at radius 3 is 3.04 bits per heavy atom. The molecule has 1 N–H and O–H groups in total. The van der Waals surface area contributed by atoms with Crippen LogP contribution in [0.3, 0.4) is 0 Å². The van der Waals surface area contributed by atoms with E-state index in [1.807, 2.05) is 13.0 Å². The number of nitrogens with one attached hydrogen (secondary N) is 1. The maximum Gasteiger partial charge on any atom is 0.229 e. The molecule has 144 valence electrons. The molecule has 1 saturated heterocycles. The van der Waals surface area contributed by atoms with Crippen molar-refractivity contribution in [1.29, 1.82) is 0 Å². The van der Waals surface area contributed by atoms with E-state index in [0.29, 0.717) is 12.4 Å². The van der Waals surface area contributed by atoms with Crippen LogP contribution in [0.2, 0.25) is 0 Å². The lowest BCUT2D eigenvalue weighted by molar-refractivity contribution is 0.132. The van der Waals surface area contributed by atoms with Gasteiger partial charge in [-0.3, -0.25) is 4.90 Å². The highest BCUT2D eigenvalue weighted by atomic mass is 19.1. The second-order valence-electron chi connectivity index (χ2n) is 7.30. The number of likely N-dealkylation sites (tertiary alicyclic amines) is 1. The van der Waals surface area contributed by atoms with Gasteiger partial charge in [-0.05, 0) is 50.6 Å². The third-order valence-electron chi connectivity index (χ3n) is 5.41. The number of hydrogen-bond acceptors (Lipinski definition) is 5. The Hall–Kier alpha value is -2.93. The van der Waals surface area contributed by atoms with Crippen LogP contribution in [-0.2, 0) is 6.54 Å². The molecule has 7 heteroatoms. The van der Waals surface area contributed by atoms with Gasteiger partial charge in [-0.2, -0.15) is 0 Å². The minimum absolute atomic E-state index is 0.151. The van der Waals surface area contributed by atoms with Crippen LogP contribution < -0.4 is 0 Å². The average molecular weight is 380 g/mol. The number of aromatic nitrogens is 3. The van der Waals surface area contributed by atoms with Gasteiger partial charge in [0.1, 0.15) is 23.7 Å². The molecule has 1 atom stereocenters. The van der Waals surface area contributed by atoms with Gasteiger partial charge in [-0.25, -0.2) is 14.4 Å². The maximum atomic E-state index is 13.5. The molecule has 1 aliphatic rings. The minimum atomic E-state index is -0.256. The van der Waals surface area contributed by atoms with Gasteiger partial charge in [-0.15, -0.1) is 0 Å². The smallest absolute Gasteiger partial charge is 0.229 e. The Morgan fingerprint density at radius 2 is 2.18 bits per heavy atom. The number of fused-ring (bicyclic) bond motifs is 1. The van der Waals surface area contributed by atoms with Gasteiger partial charge in [0.25, 0.3) is 0 Å². The number of hydrogen-bond donors (Lipinski definition) is 1. The number of piperidine rings is 1. The van der Waals surface area contributed by atoms with Gasteiger partial charge < -0.3 is 13.8 Å². The van der Waals surface area contributed by atoms with Gasteiger partial charge in [0, 0.05) is 6.54 Å². The fourth-order valence-electron chi connectivity index (χ4n) is 3.93. The highest BCUT2D eigenvalue weighted by Crippen LogP contribution is 2.33. The summed E-state index contributed by atoms with van der Waals surface area (Å²) in [5.74, 6) is 2.02. The standard InChI is InChI=1S/C21H21FN4O2/c1-13-18(25-21(28-13)14-7-9-27-12-14)11-26-8-3-2-4-19(26)20-23-16-6-5-15(22)10-17(16)24-20/h5-7,9-10,12,19H,2-4,8,11H2,1H3,(H,23,24). The normalized spacial score (nSPS) is 18.1. The number of halogens is 1. The third-order valence-corrected chi connectivity index (χ3v) is 5.41. The Labute approximate surface area is 161 Å². The second-order valence-corrected chi connectivity index (χ2v) is 7.30.